The molecule has 1 fully saturated rings. The molecule has 0 saturated carbocycles. The number of fused-ring (bicyclic) bond motifs is 1. The molecule has 0 N–H and O–H groups in total. The fraction of sp³-hybridized carbons (Fsp3) is 0.364. The van der Waals surface area contributed by atoms with Gasteiger partial charge in [-0.25, -0.2) is 4.98 Å². The fourth-order valence-corrected chi connectivity index (χ4v) is 5.28. The number of benzene rings is 2. The number of aryl methyl sites for hydroxylation is 1. The van der Waals surface area contributed by atoms with Gasteiger partial charge in [-0.05, 0) is 55.3 Å². The number of aromatic nitrogens is 1. The van der Waals surface area contributed by atoms with E-state index in [-0.39, 0.29) is 18.3 Å². The Morgan fingerprint density at radius 1 is 1.26 bits per heavy atom. The average molecular weight is 545 g/mol. The van der Waals surface area contributed by atoms with Gasteiger partial charge in [-0.15, -0.1) is 12.4 Å². The predicted octanol–water partition coefficient (Wildman–Crippen LogP) is 5.81. The summed E-state index contributed by atoms with van der Waals surface area (Å²) in [7, 11) is 0. The molecule has 166 valence electrons. The molecule has 4 rings (SSSR count). The van der Waals surface area contributed by atoms with Crippen molar-refractivity contribution in [3.8, 4) is 0 Å². The maximum absolute atomic E-state index is 13.4. The normalized spacial score (nSPS) is 14.4. The van der Waals surface area contributed by atoms with Crippen molar-refractivity contribution >= 4 is 72.5 Å². The largest absolute Gasteiger partial charge is 0.379 e. The molecule has 2 aromatic carbocycles. The highest BCUT2D eigenvalue weighted by molar-refractivity contribution is 9.10. The molecule has 2 heterocycles. The van der Waals surface area contributed by atoms with Crippen LogP contribution in [0.15, 0.2) is 40.9 Å². The minimum atomic E-state index is -0.0349. The van der Waals surface area contributed by atoms with Crippen LogP contribution in [0.1, 0.15) is 22.3 Å². The summed E-state index contributed by atoms with van der Waals surface area (Å²) in [6.07, 6.45) is 0.873. The van der Waals surface area contributed by atoms with E-state index in [0.717, 1.165) is 59.5 Å². The van der Waals surface area contributed by atoms with Crippen molar-refractivity contribution in [1.29, 1.82) is 0 Å². The molecule has 1 saturated heterocycles. The number of ether oxygens (including phenoxy) is 1. The minimum absolute atomic E-state index is 0. The van der Waals surface area contributed by atoms with Gasteiger partial charge >= 0.3 is 0 Å². The molecule has 1 amide bonds. The van der Waals surface area contributed by atoms with E-state index in [2.05, 4.69) is 20.8 Å². The van der Waals surface area contributed by atoms with E-state index in [1.54, 1.807) is 0 Å². The number of nitrogens with zero attached hydrogens (tertiary/aromatic N) is 3. The van der Waals surface area contributed by atoms with Crippen LogP contribution in [0.5, 0.6) is 0 Å². The first kappa shape index (κ1) is 24.4. The van der Waals surface area contributed by atoms with E-state index < -0.39 is 0 Å². The maximum Gasteiger partial charge on any atom is 0.260 e. The van der Waals surface area contributed by atoms with Crippen molar-refractivity contribution < 1.29 is 9.53 Å². The SMILES string of the molecule is Cc1cc(Cl)cc2sc(N(CCCN3CCOCC3)C(=O)c3ccc(Br)cc3)nc12.Cl. The van der Waals surface area contributed by atoms with Crippen molar-refractivity contribution in [2.75, 3.05) is 44.3 Å². The maximum atomic E-state index is 13.4. The van der Waals surface area contributed by atoms with Crippen LogP contribution in [0.2, 0.25) is 5.02 Å². The monoisotopic (exact) mass is 543 g/mol. The van der Waals surface area contributed by atoms with E-state index >= 15 is 0 Å². The first-order valence-corrected chi connectivity index (χ1v) is 11.9. The molecule has 0 spiro atoms. The Kier molecular flexibility index (Phi) is 8.73. The molecule has 0 unspecified atom stereocenters. The summed E-state index contributed by atoms with van der Waals surface area (Å²) in [5.41, 5.74) is 2.57. The van der Waals surface area contributed by atoms with Crippen molar-refractivity contribution in [2.45, 2.75) is 13.3 Å². The van der Waals surface area contributed by atoms with Gasteiger partial charge in [0.1, 0.15) is 0 Å². The number of thiazole rings is 1. The summed E-state index contributed by atoms with van der Waals surface area (Å²) in [5.74, 6) is -0.0349. The molecule has 0 bridgehead atoms. The number of carbonyl (C=O) groups is 1. The molecule has 0 radical (unpaired) electrons. The lowest BCUT2D eigenvalue weighted by molar-refractivity contribution is 0.0376. The highest BCUT2D eigenvalue weighted by atomic mass is 79.9. The molecular formula is C22H24BrCl2N3O2S. The molecule has 0 aliphatic carbocycles. The second-order valence-corrected chi connectivity index (χ2v) is 9.70. The average Bonchev–Trinajstić information content (AvgIpc) is 3.16. The van der Waals surface area contributed by atoms with E-state index in [4.69, 9.17) is 21.3 Å². The molecule has 1 aromatic heterocycles. The number of hydrogen-bond acceptors (Lipinski definition) is 5. The Labute approximate surface area is 205 Å². The summed E-state index contributed by atoms with van der Waals surface area (Å²) >= 11 is 11.2. The number of morpholine rings is 1. The van der Waals surface area contributed by atoms with Gasteiger partial charge in [0.2, 0.25) is 0 Å². The number of hydrogen-bond donors (Lipinski definition) is 0. The third-order valence-corrected chi connectivity index (χ3v) is 6.94. The van der Waals surface area contributed by atoms with Gasteiger partial charge in [0, 0.05) is 41.2 Å². The number of carbonyl (C=O) groups excluding carboxylic acids is 1. The predicted molar refractivity (Wildman–Crippen MR) is 134 cm³/mol. The van der Waals surface area contributed by atoms with E-state index in [1.165, 1.54) is 11.3 Å². The van der Waals surface area contributed by atoms with Gasteiger partial charge in [-0.1, -0.05) is 38.9 Å². The summed E-state index contributed by atoms with van der Waals surface area (Å²) in [5, 5.41) is 1.40. The zero-order valence-corrected chi connectivity index (χ0v) is 21.1. The molecule has 5 nitrogen and oxygen atoms in total. The summed E-state index contributed by atoms with van der Waals surface area (Å²) in [6.45, 7) is 6.98. The van der Waals surface area contributed by atoms with Crippen molar-refractivity contribution in [1.82, 2.24) is 9.88 Å². The Bertz CT molecular complexity index is 1040. The summed E-state index contributed by atoms with van der Waals surface area (Å²) in [6, 6.07) is 11.3. The first-order valence-electron chi connectivity index (χ1n) is 9.95. The molecular weight excluding hydrogens is 521 g/mol. The second kappa shape index (κ2) is 11.1. The lowest BCUT2D eigenvalue weighted by Crippen LogP contribution is -2.39. The number of anilines is 1. The lowest BCUT2D eigenvalue weighted by atomic mass is 10.2. The highest BCUT2D eigenvalue weighted by Gasteiger charge is 2.22. The van der Waals surface area contributed by atoms with Crippen molar-refractivity contribution in [2.24, 2.45) is 0 Å². The van der Waals surface area contributed by atoms with Crippen molar-refractivity contribution in [3.05, 3.63) is 57.0 Å². The van der Waals surface area contributed by atoms with Gasteiger partial charge in [0.05, 0.1) is 23.4 Å². The van der Waals surface area contributed by atoms with E-state index in [1.807, 2.05) is 48.2 Å². The smallest absolute Gasteiger partial charge is 0.260 e. The van der Waals surface area contributed by atoms with Crippen LogP contribution >= 0.6 is 51.3 Å². The standard InChI is InChI=1S/C22H23BrClN3O2S.ClH/c1-15-13-18(24)14-19-20(15)25-22(30-19)27(8-2-7-26-9-11-29-12-10-26)21(28)16-3-5-17(23)6-4-16;/h3-6,13-14H,2,7-12H2,1H3;1H. The van der Waals surface area contributed by atoms with Crippen LogP contribution in [0.25, 0.3) is 10.2 Å². The Morgan fingerprint density at radius 3 is 2.68 bits per heavy atom. The van der Waals surface area contributed by atoms with Crippen LogP contribution in [0.3, 0.4) is 0 Å². The van der Waals surface area contributed by atoms with Gasteiger partial charge in [0.15, 0.2) is 5.13 Å². The quantitative estimate of drug-likeness (QED) is 0.392. The summed E-state index contributed by atoms with van der Waals surface area (Å²) in [4.78, 5) is 22.4. The van der Waals surface area contributed by atoms with Gasteiger partial charge in [0.25, 0.3) is 5.91 Å². The van der Waals surface area contributed by atoms with Crippen LogP contribution < -0.4 is 4.90 Å². The van der Waals surface area contributed by atoms with Crippen LogP contribution in [-0.2, 0) is 4.74 Å². The fourth-order valence-electron chi connectivity index (χ4n) is 3.57. The van der Waals surface area contributed by atoms with Crippen LogP contribution in [0.4, 0.5) is 5.13 Å². The lowest BCUT2D eigenvalue weighted by Gasteiger charge is -2.27. The second-order valence-electron chi connectivity index (χ2n) is 7.34. The number of rotatable bonds is 6. The zero-order valence-electron chi connectivity index (χ0n) is 17.1. The summed E-state index contributed by atoms with van der Waals surface area (Å²) < 4.78 is 7.37. The molecule has 1 aliphatic rings. The molecule has 3 aromatic rings. The molecule has 0 atom stereocenters. The van der Waals surface area contributed by atoms with Crippen LogP contribution in [-0.4, -0.2) is 55.2 Å². The third-order valence-electron chi connectivity index (χ3n) is 5.17. The van der Waals surface area contributed by atoms with E-state index in [0.29, 0.717) is 22.3 Å². The highest BCUT2D eigenvalue weighted by Crippen LogP contribution is 2.33. The molecule has 31 heavy (non-hydrogen) atoms. The molecule has 9 heteroatoms. The van der Waals surface area contributed by atoms with Crippen molar-refractivity contribution in [3.63, 3.8) is 0 Å². The zero-order chi connectivity index (χ0) is 21.1. The van der Waals surface area contributed by atoms with Gasteiger partial charge in [-0.2, -0.15) is 0 Å². The molecule has 1 aliphatic heterocycles. The number of halogens is 3. The van der Waals surface area contributed by atoms with Gasteiger partial charge in [-0.3, -0.25) is 14.6 Å². The third kappa shape index (κ3) is 5.97. The first-order chi connectivity index (χ1) is 14.5. The minimum Gasteiger partial charge on any atom is -0.379 e. The van der Waals surface area contributed by atoms with Gasteiger partial charge < -0.3 is 4.74 Å². The number of amides is 1. The Morgan fingerprint density at radius 2 is 1.97 bits per heavy atom. The Hall–Kier alpha value is -1.22. The topological polar surface area (TPSA) is 45.7 Å². The van der Waals surface area contributed by atoms with Crippen LogP contribution in [0, 0.1) is 6.92 Å². The Balaban J connectivity index is 0.00000272. The van der Waals surface area contributed by atoms with E-state index in [9.17, 15) is 4.79 Å².